The summed E-state index contributed by atoms with van der Waals surface area (Å²) in [7, 11) is 0. The predicted octanol–water partition coefficient (Wildman–Crippen LogP) is 1.27. The quantitative estimate of drug-likeness (QED) is 0.633. The average Bonchev–Trinajstić information content (AvgIpc) is 3.21. The molecule has 2 aromatic carbocycles. The van der Waals surface area contributed by atoms with E-state index in [9.17, 15) is 19.5 Å². The van der Waals surface area contributed by atoms with Gasteiger partial charge in [-0.25, -0.2) is 4.79 Å². The third-order valence-electron chi connectivity index (χ3n) is 4.99. The zero-order chi connectivity index (χ0) is 20.4. The fourth-order valence-electron chi connectivity index (χ4n) is 3.63. The summed E-state index contributed by atoms with van der Waals surface area (Å²) in [6.07, 6.45) is 2.50. The van der Waals surface area contributed by atoms with Crippen LogP contribution in [0.15, 0.2) is 57.7 Å². The first-order chi connectivity index (χ1) is 14.0. The van der Waals surface area contributed by atoms with Crippen molar-refractivity contribution in [2.75, 3.05) is 6.61 Å². The molecule has 148 valence electrons. The van der Waals surface area contributed by atoms with Crippen LogP contribution in [0, 0.1) is 0 Å². The summed E-state index contributed by atoms with van der Waals surface area (Å²) in [6.45, 7) is -0.392. The van der Waals surface area contributed by atoms with Gasteiger partial charge in [0.2, 0.25) is 0 Å². The fourth-order valence-corrected chi connectivity index (χ4v) is 3.63. The molecule has 1 aliphatic carbocycles. The Morgan fingerprint density at radius 3 is 2.62 bits per heavy atom. The van der Waals surface area contributed by atoms with Gasteiger partial charge in [-0.15, -0.1) is 0 Å². The number of aryl methyl sites for hydroxylation is 1. The molecule has 7 heteroatoms. The number of carbonyl (C=O) groups is 2. The minimum atomic E-state index is -1.41. The maximum Gasteiger partial charge on any atom is 0.339 e. The van der Waals surface area contributed by atoms with Gasteiger partial charge < -0.3 is 24.4 Å². The highest BCUT2D eigenvalue weighted by atomic mass is 16.5. The highest BCUT2D eigenvalue weighted by molar-refractivity contribution is 5.85. The van der Waals surface area contributed by atoms with Crippen molar-refractivity contribution in [2.45, 2.75) is 25.3 Å². The molecule has 1 N–H and O–H groups in total. The van der Waals surface area contributed by atoms with E-state index in [4.69, 9.17) is 9.15 Å². The summed E-state index contributed by atoms with van der Waals surface area (Å²) >= 11 is 0. The van der Waals surface area contributed by atoms with E-state index in [1.54, 1.807) is 42.5 Å². The van der Waals surface area contributed by atoms with Crippen LogP contribution >= 0.6 is 0 Å². The predicted molar refractivity (Wildman–Crippen MR) is 102 cm³/mol. The zero-order valence-electron chi connectivity index (χ0n) is 15.5. The number of amides is 1. The van der Waals surface area contributed by atoms with Gasteiger partial charge in [0.25, 0.3) is 5.91 Å². The molecule has 1 aliphatic rings. The van der Waals surface area contributed by atoms with E-state index in [1.807, 2.05) is 6.07 Å². The molecule has 0 saturated carbocycles. The molecule has 1 heterocycles. The molecule has 0 bridgehead atoms. The van der Waals surface area contributed by atoms with Crippen LogP contribution in [-0.2, 0) is 22.4 Å². The number of aliphatic carboxylic acids is 1. The van der Waals surface area contributed by atoms with E-state index in [0.717, 1.165) is 35.8 Å². The molecule has 0 radical (unpaired) electrons. The Morgan fingerprint density at radius 1 is 1.10 bits per heavy atom. The van der Waals surface area contributed by atoms with Gasteiger partial charge in [0, 0.05) is 17.0 Å². The lowest BCUT2D eigenvalue weighted by Gasteiger charge is -2.20. The van der Waals surface area contributed by atoms with Crippen molar-refractivity contribution in [3.63, 3.8) is 0 Å². The van der Waals surface area contributed by atoms with Crippen LogP contribution in [0.5, 0.6) is 5.75 Å². The molecular weight excluding hydrogens is 374 g/mol. The van der Waals surface area contributed by atoms with Gasteiger partial charge in [0.15, 0.2) is 6.61 Å². The first-order valence-electron chi connectivity index (χ1n) is 9.29. The normalized spacial score (nSPS) is 13.7. The second-order valence-electron chi connectivity index (χ2n) is 6.88. The highest BCUT2D eigenvalue weighted by Crippen LogP contribution is 2.29. The van der Waals surface area contributed by atoms with Gasteiger partial charge in [-0.1, -0.05) is 30.3 Å². The van der Waals surface area contributed by atoms with E-state index in [0.29, 0.717) is 16.9 Å². The molecule has 3 aromatic rings. The number of hydrogen-bond acceptors (Lipinski definition) is 6. The molecule has 4 rings (SSSR count). The van der Waals surface area contributed by atoms with Gasteiger partial charge in [-0.3, -0.25) is 4.79 Å². The first kappa shape index (κ1) is 18.7. The highest BCUT2D eigenvalue weighted by Gasteiger charge is 2.20. The molecule has 7 nitrogen and oxygen atoms in total. The van der Waals surface area contributed by atoms with Crippen molar-refractivity contribution in [3.8, 4) is 5.75 Å². The summed E-state index contributed by atoms with van der Waals surface area (Å²) in [5, 5.41) is 14.6. The summed E-state index contributed by atoms with van der Waals surface area (Å²) in [5.41, 5.74) is 2.23. The fraction of sp³-hybridized carbons (Fsp3) is 0.227. The number of carboxylic acids is 1. The van der Waals surface area contributed by atoms with E-state index < -0.39 is 24.5 Å². The topological polar surface area (TPSA) is 109 Å². The number of nitrogens with one attached hydrogen (secondary N) is 1. The standard InChI is InChI=1S/C22H19NO6/c24-19(23-20(21(25)26)13-5-2-1-3-6-13)12-28-14-9-10-16-15-7-4-8-17(15)22(27)29-18(16)11-14/h1-3,5-6,9-11,20H,4,7-8,12H2,(H,23,24)(H,25,26)/p-1/t20-/m0/s1. The average molecular weight is 392 g/mol. The van der Waals surface area contributed by atoms with Crippen molar-refractivity contribution in [2.24, 2.45) is 0 Å². The van der Waals surface area contributed by atoms with Crippen LogP contribution in [0.2, 0.25) is 0 Å². The van der Waals surface area contributed by atoms with Crippen LogP contribution in [0.3, 0.4) is 0 Å². The Balaban J connectivity index is 1.46. The molecule has 1 aromatic heterocycles. The Morgan fingerprint density at radius 2 is 1.86 bits per heavy atom. The SMILES string of the molecule is O=C(COc1ccc2c3c(c(=O)oc2c1)CCC3)N[C@H](C(=O)[O-])c1ccccc1. The number of carbonyl (C=O) groups excluding carboxylic acids is 2. The van der Waals surface area contributed by atoms with Crippen molar-refractivity contribution in [1.82, 2.24) is 5.32 Å². The lowest BCUT2D eigenvalue weighted by atomic mass is 10.1. The number of rotatable bonds is 6. The molecule has 0 unspecified atom stereocenters. The maximum absolute atomic E-state index is 12.2. The number of ether oxygens (including phenoxy) is 1. The van der Waals surface area contributed by atoms with Crippen LogP contribution in [0.1, 0.15) is 29.2 Å². The van der Waals surface area contributed by atoms with Crippen LogP contribution in [-0.4, -0.2) is 18.5 Å². The largest absolute Gasteiger partial charge is 0.548 e. The molecule has 1 amide bonds. The van der Waals surface area contributed by atoms with Crippen LogP contribution in [0.4, 0.5) is 0 Å². The smallest absolute Gasteiger partial charge is 0.339 e. The summed E-state index contributed by atoms with van der Waals surface area (Å²) in [5.74, 6) is -1.68. The van der Waals surface area contributed by atoms with Crippen LogP contribution in [0.25, 0.3) is 11.0 Å². The number of hydrogen-bond donors (Lipinski definition) is 1. The minimum absolute atomic E-state index is 0.334. The third kappa shape index (κ3) is 3.85. The second kappa shape index (κ2) is 7.79. The summed E-state index contributed by atoms with van der Waals surface area (Å²) < 4.78 is 10.8. The molecule has 0 spiro atoms. The Labute approximate surface area is 165 Å². The third-order valence-corrected chi connectivity index (χ3v) is 4.99. The molecular formula is C22H18NO6-. The summed E-state index contributed by atoms with van der Waals surface area (Å²) in [4.78, 5) is 35.6. The Bertz CT molecular complexity index is 1140. The van der Waals surface area contributed by atoms with E-state index in [1.165, 1.54) is 0 Å². The molecule has 1 atom stereocenters. The minimum Gasteiger partial charge on any atom is -0.548 e. The van der Waals surface area contributed by atoms with Crippen molar-refractivity contribution >= 4 is 22.8 Å². The lowest BCUT2D eigenvalue weighted by Crippen LogP contribution is -2.42. The van der Waals surface area contributed by atoms with Crippen molar-refractivity contribution < 1.29 is 23.8 Å². The van der Waals surface area contributed by atoms with Gasteiger partial charge >= 0.3 is 5.63 Å². The Kier molecular flexibility index (Phi) is 5.03. The van der Waals surface area contributed by atoms with Gasteiger partial charge in [0.05, 0.1) is 12.0 Å². The number of benzene rings is 2. The van der Waals surface area contributed by atoms with Gasteiger partial charge in [-0.05, 0) is 42.5 Å². The van der Waals surface area contributed by atoms with Crippen molar-refractivity contribution in [1.29, 1.82) is 0 Å². The molecule has 0 aliphatic heterocycles. The maximum atomic E-state index is 12.2. The Hall–Kier alpha value is -3.61. The molecule has 29 heavy (non-hydrogen) atoms. The van der Waals surface area contributed by atoms with Crippen LogP contribution < -0.4 is 20.8 Å². The molecule has 0 fully saturated rings. The van der Waals surface area contributed by atoms with Crippen molar-refractivity contribution in [3.05, 3.63) is 75.6 Å². The molecule has 0 saturated heterocycles. The summed E-state index contributed by atoms with van der Waals surface area (Å²) in [6, 6.07) is 12.1. The first-order valence-corrected chi connectivity index (χ1v) is 9.29. The number of carboxylic acid groups (broad SMARTS) is 1. The number of fused-ring (bicyclic) bond motifs is 3. The van der Waals surface area contributed by atoms with E-state index in [-0.39, 0.29) is 5.63 Å². The van der Waals surface area contributed by atoms with E-state index in [2.05, 4.69) is 5.32 Å². The van der Waals surface area contributed by atoms with Gasteiger partial charge in [0.1, 0.15) is 11.3 Å². The zero-order valence-corrected chi connectivity index (χ0v) is 15.5. The monoisotopic (exact) mass is 392 g/mol. The second-order valence-corrected chi connectivity index (χ2v) is 6.88. The van der Waals surface area contributed by atoms with Gasteiger partial charge in [-0.2, -0.15) is 0 Å². The van der Waals surface area contributed by atoms with E-state index >= 15 is 0 Å². The lowest BCUT2D eigenvalue weighted by molar-refractivity contribution is -0.308.